The maximum atomic E-state index is 11.4. The monoisotopic (exact) mass is 489 g/mol. The van der Waals surface area contributed by atoms with Gasteiger partial charge < -0.3 is 15.5 Å². The van der Waals surface area contributed by atoms with E-state index in [1.54, 1.807) is 7.05 Å². The highest BCUT2D eigenvalue weighted by molar-refractivity contribution is 14.0. The fraction of sp³-hybridized carbons (Fsp3) is 0.938. The maximum Gasteiger partial charge on any atom is 0.209 e. The molecule has 150 valence electrons. The third-order valence-corrected chi connectivity index (χ3v) is 5.16. The van der Waals surface area contributed by atoms with Crippen molar-refractivity contribution in [2.24, 2.45) is 4.99 Å². The van der Waals surface area contributed by atoms with E-state index in [-0.39, 0.29) is 24.0 Å². The summed E-state index contributed by atoms with van der Waals surface area (Å²) in [5, 5.41) is 6.47. The number of halogens is 1. The summed E-state index contributed by atoms with van der Waals surface area (Å²) in [5.74, 6) is 0.699. The summed E-state index contributed by atoms with van der Waals surface area (Å²) in [6, 6.07) is 0.694. The van der Waals surface area contributed by atoms with E-state index in [0.29, 0.717) is 18.5 Å². The van der Waals surface area contributed by atoms with Gasteiger partial charge in [-0.1, -0.05) is 6.42 Å². The first-order chi connectivity index (χ1) is 11.1. The van der Waals surface area contributed by atoms with Gasteiger partial charge in [-0.2, -0.15) is 0 Å². The zero-order valence-electron chi connectivity index (χ0n) is 16.3. The largest absolute Gasteiger partial charge is 0.356 e. The molecule has 0 radical (unpaired) electrons. The van der Waals surface area contributed by atoms with Crippen LogP contribution in [0.3, 0.4) is 0 Å². The summed E-state index contributed by atoms with van der Waals surface area (Å²) in [6.45, 7) is 9.61. The van der Waals surface area contributed by atoms with Crippen LogP contribution in [0.2, 0.25) is 0 Å². The molecule has 1 atom stereocenters. The number of hydrogen-bond acceptors (Lipinski definition) is 4. The second-order valence-electron chi connectivity index (χ2n) is 7.34. The van der Waals surface area contributed by atoms with E-state index in [1.165, 1.54) is 32.1 Å². The summed E-state index contributed by atoms with van der Waals surface area (Å²) >= 11 is 0. The molecule has 1 rings (SSSR count). The first kappa shape index (κ1) is 24.9. The molecule has 1 heterocycles. The van der Waals surface area contributed by atoms with Crippen LogP contribution in [0.5, 0.6) is 0 Å². The number of hydrogen-bond donors (Lipinski definition) is 3. The van der Waals surface area contributed by atoms with E-state index < -0.39 is 15.6 Å². The predicted octanol–water partition coefficient (Wildman–Crippen LogP) is 1.36. The van der Waals surface area contributed by atoms with Crippen molar-refractivity contribution in [3.05, 3.63) is 0 Å². The molecule has 1 unspecified atom stereocenters. The van der Waals surface area contributed by atoms with Crippen molar-refractivity contribution in [3.8, 4) is 0 Å². The summed E-state index contributed by atoms with van der Waals surface area (Å²) in [4.78, 5) is 6.75. The Morgan fingerprint density at radius 1 is 1.28 bits per heavy atom. The number of sulfonamides is 1. The number of nitrogens with one attached hydrogen (secondary N) is 3. The van der Waals surface area contributed by atoms with Gasteiger partial charge in [-0.25, -0.2) is 13.1 Å². The number of rotatable bonds is 8. The number of piperidine rings is 1. The second kappa shape index (κ2) is 11.6. The van der Waals surface area contributed by atoms with Gasteiger partial charge in [0.15, 0.2) is 5.96 Å². The predicted molar refractivity (Wildman–Crippen MR) is 116 cm³/mol. The van der Waals surface area contributed by atoms with Crippen LogP contribution in [0.1, 0.15) is 46.5 Å². The van der Waals surface area contributed by atoms with Gasteiger partial charge in [0.25, 0.3) is 0 Å². The van der Waals surface area contributed by atoms with E-state index >= 15 is 0 Å². The molecular formula is C16H36IN5O2S. The van der Waals surface area contributed by atoms with Gasteiger partial charge in [0.2, 0.25) is 10.0 Å². The van der Waals surface area contributed by atoms with Crippen LogP contribution in [-0.4, -0.2) is 70.3 Å². The minimum Gasteiger partial charge on any atom is -0.356 e. The molecule has 1 fully saturated rings. The average Bonchev–Trinajstić information content (AvgIpc) is 2.45. The van der Waals surface area contributed by atoms with Crippen molar-refractivity contribution in [1.82, 2.24) is 20.3 Å². The minimum absolute atomic E-state index is 0. The van der Waals surface area contributed by atoms with Crippen LogP contribution in [0, 0.1) is 0 Å². The van der Waals surface area contributed by atoms with Gasteiger partial charge in [0, 0.05) is 38.3 Å². The third-order valence-electron chi connectivity index (χ3n) is 4.24. The van der Waals surface area contributed by atoms with Crippen LogP contribution in [0.25, 0.3) is 0 Å². The highest BCUT2D eigenvalue weighted by Gasteiger charge is 2.22. The SMILES string of the molecule is CN=C(NCCCN1CCCCC1C)NCC(C)(C)NS(C)(=O)=O.I. The summed E-state index contributed by atoms with van der Waals surface area (Å²) < 4.78 is 25.3. The van der Waals surface area contributed by atoms with Crippen molar-refractivity contribution in [1.29, 1.82) is 0 Å². The molecule has 0 aromatic heterocycles. The molecule has 0 amide bonds. The van der Waals surface area contributed by atoms with Crippen molar-refractivity contribution in [3.63, 3.8) is 0 Å². The number of likely N-dealkylation sites (tertiary alicyclic amines) is 1. The molecule has 0 aromatic carbocycles. The molecule has 9 heteroatoms. The Bertz CT molecular complexity index is 511. The molecule has 1 aliphatic heterocycles. The van der Waals surface area contributed by atoms with Gasteiger partial charge >= 0.3 is 0 Å². The molecule has 3 N–H and O–H groups in total. The first-order valence-corrected chi connectivity index (χ1v) is 10.7. The van der Waals surface area contributed by atoms with Crippen molar-refractivity contribution in [2.45, 2.75) is 58.0 Å². The standard InChI is InChI=1S/C16H35N5O2S.HI/c1-14-9-6-7-11-21(14)12-8-10-18-15(17-4)19-13-16(2,3)20-24(5,22)23;/h14,20H,6-13H2,1-5H3,(H2,17,18,19);1H. The Balaban J connectivity index is 0.00000576. The van der Waals surface area contributed by atoms with Crippen LogP contribution >= 0.6 is 24.0 Å². The van der Waals surface area contributed by atoms with Crippen LogP contribution in [0.4, 0.5) is 0 Å². The topological polar surface area (TPSA) is 85.8 Å². The first-order valence-electron chi connectivity index (χ1n) is 8.80. The summed E-state index contributed by atoms with van der Waals surface area (Å²) in [6.07, 6.45) is 6.20. The van der Waals surface area contributed by atoms with E-state index in [4.69, 9.17) is 0 Å². The Labute approximate surface area is 170 Å². The van der Waals surface area contributed by atoms with E-state index in [0.717, 1.165) is 19.5 Å². The van der Waals surface area contributed by atoms with Gasteiger partial charge in [0.1, 0.15) is 0 Å². The zero-order valence-corrected chi connectivity index (χ0v) is 19.4. The molecule has 1 saturated heterocycles. The molecular weight excluding hydrogens is 453 g/mol. The zero-order chi connectivity index (χ0) is 18.2. The Morgan fingerprint density at radius 2 is 1.96 bits per heavy atom. The lowest BCUT2D eigenvalue weighted by Gasteiger charge is -2.33. The third kappa shape index (κ3) is 11.2. The van der Waals surface area contributed by atoms with Crippen LogP contribution in [0.15, 0.2) is 4.99 Å². The van der Waals surface area contributed by atoms with Gasteiger partial charge in [-0.05, 0) is 46.6 Å². The average molecular weight is 489 g/mol. The molecule has 7 nitrogen and oxygen atoms in total. The second-order valence-corrected chi connectivity index (χ2v) is 9.09. The molecule has 0 saturated carbocycles. The molecule has 25 heavy (non-hydrogen) atoms. The smallest absolute Gasteiger partial charge is 0.209 e. The highest BCUT2D eigenvalue weighted by Crippen LogP contribution is 2.15. The lowest BCUT2D eigenvalue weighted by atomic mass is 10.0. The fourth-order valence-corrected chi connectivity index (χ4v) is 4.12. The normalized spacial score (nSPS) is 20.0. The molecule has 0 bridgehead atoms. The Hall–Kier alpha value is -0.130. The minimum atomic E-state index is -3.23. The summed E-state index contributed by atoms with van der Waals surface area (Å²) in [7, 11) is -1.51. The van der Waals surface area contributed by atoms with Crippen LogP contribution < -0.4 is 15.4 Å². The summed E-state index contributed by atoms with van der Waals surface area (Å²) in [5.41, 5.74) is -0.575. The maximum absolute atomic E-state index is 11.4. The molecule has 0 aliphatic carbocycles. The molecule has 0 aromatic rings. The molecule has 0 spiro atoms. The lowest BCUT2D eigenvalue weighted by Crippen LogP contribution is -2.53. The van der Waals surface area contributed by atoms with Crippen molar-refractivity contribution >= 4 is 40.0 Å². The number of guanidine groups is 1. The number of nitrogens with zero attached hydrogens (tertiary/aromatic N) is 2. The Morgan fingerprint density at radius 3 is 2.52 bits per heavy atom. The van der Waals surface area contributed by atoms with E-state index in [9.17, 15) is 8.42 Å². The number of aliphatic imine (C=N–C) groups is 1. The van der Waals surface area contributed by atoms with Crippen LogP contribution in [-0.2, 0) is 10.0 Å². The fourth-order valence-electron chi connectivity index (χ4n) is 3.04. The van der Waals surface area contributed by atoms with Gasteiger partial charge in [-0.3, -0.25) is 4.99 Å². The van der Waals surface area contributed by atoms with E-state index in [2.05, 4.69) is 32.2 Å². The highest BCUT2D eigenvalue weighted by atomic mass is 127. The van der Waals surface area contributed by atoms with Gasteiger partial charge in [-0.15, -0.1) is 24.0 Å². The molecule has 1 aliphatic rings. The van der Waals surface area contributed by atoms with E-state index in [1.807, 2.05) is 13.8 Å². The van der Waals surface area contributed by atoms with Gasteiger partial charge in [0.05, 0.1) is 6.26 Å². The van der Waals surface area contributed by atoms with Crippen molar-refractivity contribution < 1.29 is 8.42 Å². The lowest BCUT2D eigenvalue weighted by molar-refractivity contribution is 0.159. The Kier molecular flexibility index (Phi) is 11.5. The quantitative estimate of drug-likeness (QED) is 0.208. The van der Waals surface area contributed by atoms with Crippen molar-refractivity contribution in [2.75, 3.05) is 39.5 Å².